The molecule has 170 valence electrons. The number of anilines is 1. The molecule has 1 saturated heterocycles. The standard InChI is InChI=1S/C20H24F3N3O3S2/c1-14(2)18(24-31(28,29)17-7-4-12-30-17)19(27)26-10-8-25(9-11-26)16-6-3-5-15(13-16)20(21,22)23/h3-7,12-14,18,24H,8-11H2,1-2H3/t18-/m0/s1. The molecular weight excluding hydrogens is 451 g/mol. The van der Waals surface area contributed by atoms with Crippen molar-refractivity contribution in [3.05, 3.63) is 47.3 Å². The first-order valence-electron chi connectivity index (χ1n) is 9.76. The van der Waals surface area contributed by atoms with Gasteiger partial charge in [-0.15, -0.1) is 11.3 Å². The summed E-state index contributed by atoms with van der Waals surface area (Å²) in [7, 11) is -3.81. The van der Waals surface area contributed by atoms with Crippen LogP contribution in [-0.4, -0.2) is 51.4 Å². The van der Waals surface area contributed by atoms with Crippen molar-refractivity contribution in [2.75, 3.05) is 31.1 Å². The van der Waals surface area contributed by atoms with Gasteiger partial charge >= 0.3 is 6.18 Å². The smallest absolute Gasteiger partial charge is 0.368 e. The number of halogens is 3. The first-order valence-corrected chi connectivity index (χ1v) is 12.1. The molecule has 1 fully saturated rings. The van der Waals surface area contributed by atoms with E-state index in [0.717, 1.165) is 23.5 Å². The molecule has 0 saturated carbocycles. The fourth-order valence-corrected chi connectivity index (χ4v) is 5.72. The second-order valence-electron chi connectivity index (χ2n) is 7.64. The molecule has 1 aromatic carbocycles. The summed E-state index contributed by atoms with van der Waals surface area (Å²) in [6.07, 6.45) is -4.42. The van der Waals surface area contributed by atoms with Crippen LogP contribution in [0.5, 0.6) is 0 Å². The van der Waals surface area contributed by atoms with Crippen LogP contribution < -0.4 is 9.62 Å². The van der Waals surface area contributed by atoms with Gasteiger partial charge in [-0.1, -0.05) is 26.0 Å². The van der Waals surface area contributed by atoms with E-state index < -0.39 is 27.8 Å². The van der Waals surface area contributed by atoms with Gasteiger partial charge < -0.3 is 9.80 Å². The Morgan fingerprint density at radius 2 is 1.77 bits per heavy atom. The molecule has 0 unspecified atom stereocenters. The maximum atomic E-state index is 13.1. The zero-order chi connectivity index (χ0) is 22.8. The van der Waals surface area contributed by atoms with Crippen molar-refractivity contribution < 1.29 is 26.4 Å². The summed E-state index contributed by atoms with van der Waals surface area (Å²) in [5.41, 5.74) is -0.271. The van der Waals surface area contributed by atoms with Gasteiger partial charge in [-0.2, -0.15) is 17.9 Å². The van der Waals surface area contributed by atoms with Crippen LogP contribution in [0.4, 0.5) is 18.9 Å². The minimum atomic E-state index is -4.42. The van der Waals surface area contributed by atoms with E-state index in [1.807, 2.05) is 0 Å². The van der Waals surface area contributed by atoms with E-state index in [1.54, 1.807) is 41.2 Å². The quantitative estimate of drug-likeness (QED) is 0.695. The Balaban J connectivity index is 1.67. The summed E-state index contributed by atoms with van der Waals surface area (Å²) in [6.45, 7) is 4.82. The molecule has 1 amide bonds. The summed E-state index contributed by atoms with van der Waals surface area (Å²) >= 11 is 1.07. The number of carbonyl (C=O) groups is 1. The highest BCUT2D eigenvalue weighted by molar-refractivity contribution is 7.91. The molecule has 31 heavy (non-hydrogen) atoms. The lowest BCUT2D eigenvalue weighted by atomic mass is 10.0. The third-order valence-electron chi connectivity index (χ3n) is 5.10. The average molecular weight is 476 g/mol. The van der Waals surface area contributed by atoms with Crippen molar-refractivity contribution in [2.24, 2.45) is 5.92 Å². The highest BCUT2D eigenvalue weighted by Gasteiger charge is 2.34. The van der Waals surface area contributed by atoms with Gasteiger partial charge in [0.2, 0.25) is 5.91 Å². The summed E-state index contributed by atoms with van der Waals surface area (Å²) < 4.78 is 66.7. The molecule has 11 heteroatoms. The van der Waals surface area contributed by atoms with E-state index >= 15 is 0 Å². The molecule has 1 atom stereocenters. The van der Waals surface area contributed by atoms with E-state index in [9.17, 15) is 26.4 Å². The van der Waals surface area contributed by atoms with Gasteiger partial charge in [-0.3, -0.25) is 4.79 Å². The van der Waals surface area contributed by atoms with Crippen molar-refractivity contribution in [2.45, 2.75) is 30.3 Å². The predicted molar refractivity (Wildman–Crippen MR) is 114 cm³/mol. The number of sulfonamides is 1. The Labute approximate surface area is 183 Å². The molecule has 2 aromatic rings. The van der Waals surface area contributed by atoms with Gasteiger partial charge in [0.15, 0.2) is 0 Å². The van der Waals surface area contributed by atoms with Crippen LogP contribution in [0.2, 0.25) is 0 Å². The first-order chi connectivity index (χ1) is 14.5. The molecule has 0 bridgehead atoms. The van der Waals surface area contributed by atoms with Crippen LogP contribution in [-0.2, 0) is 21.0 Å². The number of thiophene rings is 1. The van der Waals surface area contributed by atoms with Crippen LogP contribution in [0.15, 0.2) is 46.0 Å². The van der Waals surface area contributed by atoms with Gasteiger partial charge in [-0.05, 0) is 35.6 Å². The largest absolute Gasteiger partial charge is 0.416 e. The molecule has 0 radical (unpaired) electrons. The fourth-order valence-electron chi connectivity index (χ4n) is 3.37. The second kappa shape index (κ2) is 9.17. The molecule has 0 spiro atoms. The lowest BCUT2D eigenvalue weighted by Crippen LogP contribution is -2.56. The SMILES string of the molecule is CC(C)[C@H](NS(=O)(=O)c1cccs1)C(=O)N1CCN(c2cccc(C(F)(F)F)c2)CC1. The molecule has 6 nitrogen and oxygen atoms in total. The van der Waals surface area contributed by atoms with Gasteiger partial charge in [0.1, 0.15) is 10.3 Å². The number of carbonyl (C=O) groups excluding carboxylic acids is 1. The van der Waals surface area contributed by atoms with Gasteiger partial charge in [-0.25, -0.2) is 8.42 Å². The van der Waals surface area contributed by atoms with E-state index in [-0.39, 0.29) is 16.0 Å². The number of hydrogen-bond acceptors (Lipinski definition) is 5. The Hall–Kier alpha value is -2.11. The first kappa shape index (κ1) is 23.6. The Morgan fingerprint density at radius 3 is 2.32 bits per heavy atom. The normalized spacial score (nSPS) is 16.6. The number of nitrogens with one attached hydrogen (secondary N) is 1. The van der Waals surface area contributed by atoms with Crippen LogP contribution in [0.25, 0.3) is 0 Å². The maximum absolute atomic E-state index is 13.1. The third kappa shape index (κ3) is 5.58. The van der Waals surface area contributed by atoms with Crippen LogP contribution in [0.3, 0.4) is 0 Å². The minimum absolute atomic E-state index is 0.139. The van der Waals surface area contributed by atoms with E-state index in [1.165, 1.54) is 12.1 Å². The van der Waals surface area contributed by atoms with Gasteiger partial charge in [0.25, 0.3) is 10.0 Å². The van der Waals surface area contributed by atoms with Gasteiger partial charge in [0.05, 0.1) is 5.56 Å². The van der Waals surface area contributed by atoms with Crippen molar-refractivity contribution in [3.8, 4) is 0 Å². The predicted octanol–water partition coefficient (Wildman–Crippen LogP) is 3.42. The summed E-state index contributed by atoms with van der Waals surface area (Å²) in [5.74, 6) is -0.609. The molecule has 2 heterocycles. The summed E-state index contributed by atoms with van der Waals surface area (Å²) in [6, 6.07) is 7.27. The molecule has 1 aromatic heterocycles. The molecular formula is C20H24F3N3O3S2. The number of nitrogens with zero attached hydrogens (tertiary/aromatic N) is 2. The number of hydrogen-bond donors (Lipinski definition) is 1. The minimum Gasteiger partial charge on any atom is -0.368 e. The highest BCUT2D eigenvalue weighted by atomic mass is 32.2. The summed E-state index contributed by atoms with van der Waals surface area (Å²) in [5, 5.41) is 1.65. The zero-order valence-corrected chi connectivity index (χ0v) is 18.7. The van der Waals surface area contributed by atoms with E-state index in [0.29, 0.717) is 31.9 Å². The second-order valence-corrected chi connectivity index (χ2v) is 10.5. The summed E-state index contributed by atoms with van der Waals surface area (Å²) in [4.78, 5) is 16.4. The molecule has 1 N–H and O–H groups in total. The number of piperazine rings is 1. The number of alkyl halides is 3. The van der Waals surface area contributed by atoms with Crippen LogP contribution in [0, 0.1) is 5.92 Å². The van der Waals surface area contributed by atoms with E-state index in [2.05, 4.69) is 4.72 Å². The van der Waals surface area contributed by atoms with Gasteiger partial charge in [0, 0.05) is 31.9 Å². The number of benzene rings is 1. The molecule has 3 rings (SSSR count). The Bertz CT molecular complexity index is 1000. The van der Waals surface area contributed by atoms with Crippen molar-refractivity contribution in [1.82, 2.24) is 9.62 Å². The molecule has 1 aliphatic heterocycles. The lowest BCUT2D eigenvalue weighted by Gasteiger charge is -2.38. The zero-order valence-electron chi connectivity index (χ0n) is 17.1. The van der Waals surface area contributed by atoms with E-state index in [4.69, 9.17) is 0 Å². The third-order valence-corrected chi connectivity index (χ3v) is 7.94. The lowest BCUT2D eigenvalue weighted by molar-refractivity contribution is -0.137. The van der Waals surface area contributed by atoms with Crippen LogP contribution >= 0.6 is 11.3 Å². The topological polar surface area (TPSA) is 69.7 Å². The number of amides is 1. The Kier molecular flexibility index (Phi) is 6.97. The Morgan fingerprint density at radius 1 is 1.10 bits per heavy atom. The van der Waals surface area contributed by atoms with Crippen molar-refractivity contribution in [1.29, 1.82) is 0 Å². The fraction of sp³-hybridized carbons (Fsp3) is 0.450. The monoisotopic (exact) mass is 475 g/mol. The molecule has 0 aliphatic carbocycles. The highest BCUT2D eigenvalue weighted by Crippen LogP contribution is 2.32. The van der Waals surface area contributed by atoms with Crippen LogP contribution in [0.1, 0.15) is 19.4 Å². The van der Waals surface area contributed by atoms with Crippen molar-refractivity contribution in [3.63, 3.8) is 0 Å². The number of rotatable bonds is 6. The van der Waals surface area contributed by atoms with Crippen molar-refractivity contribution >= 4 is 33.0 Å². The maximum Gasteiger partial charge on any atom is 0.416 e. The average Bonchev–Trinajstić information content (AvgIpc) is 3.27. The molecule has 1 aliphatic rings.